The van der Waals surface area contributed by atoms with Gasteiger partial charge in [-0.1, -0.05) is 12.1 Å². The van der Waals surface area contributed by atoms with Crippen LogP contribution >= 0.6 is 0 Å². The van der Waals surface area contributed by atoms with Crippen LogP contribution in [0, 0.1) is 6.92 Å². The first-order valence-corrected chi connectivity index (χ1v) is 8.30. The summed E-state index contributed by atoms with van der Waals surface area (Å²) in [5, 5.41) is 14.5. The first-order valence-electron chi connectivity index (χ1n) is 8.30. The fraction of sp³-hybridized carbons (Fsp3) is 0.250. The molecule has 0 fully saturated rings. The maximum atomic E-state index is 12.2. The molecule has 136 valence electrons. The summed E-state index contributed by atoms with van der Waals surface area (Å²) in [6, 6.07) is 11.3. The highest BCUT2D eigenvalue weighted by Crippen LogP contribution is 2.16. The SMILES string of the molecule is Cc1cc(NC(=O)Cc2ccc(C(=O)O)cc2)ccc1C(=O)NC(C)C. The Labute approximate surface area is 152 Å². The number of rotatable bonds is 6. The van der Waals surface area contributed by atoms with E-state index in [9.17, 15) is 14.4 Å². The van der Waals surface area contributed by atoms with E-state index < -0.39 is 5.97 Å². The largest absolute Gasteiger partial charge is 0.478 e. The zero-order chi connectivity index (χ0) is 19.3. The van der Waals surface area contributed by atoms with Gasteiger partial charge in [0.15, 0.2) is 0 Å². The average molecular weight is 354 g/mol. The fourth-order valence-corrected chi connectivity index (χ4v) is 2.49. The fourth-order valence-electron chi connectivity index (χ4n) is 2.49. The number of carbonyl (C=O) groups is 3. The smallest absolute Gasteiger partial charge is 0.335 e. The van der Waals surface area contributed by atoms with Crippen molar-refractivity contribution in [1.29, 1.82) is 0 Å². The van der Waals surface area contributed by atoms with Crippen molar-refractivity contribution in [3.8, 4) is 0 Å². The summed E-state index contributed by atoms with van der Waals surface area (Å²) in [4.78, 5) is 35.1. The lowest BCUT2D eigenvalue weighted by atomic mass is 10.1. The average Bonchev–Trinajstić information content (AvgIpc) is 2.54. The van der Waals surface area contributed by atoms with Crippen LogP contribution < -0.4 is 10.6 Å². The number of carboxylic acids is 1. The van der Waals surface area contributed by atoms with Crippen LogP contribution in [0.5, 0.6) is 0 Å². The lowest BCUT2D eigenvalue weighted by molar-refractivity contribution is -0.115. The van der Waals surface area contributed by atoms with E-state index in [2.05, 4.69) is 10.6 Å². The van der Waals surface area contributed by atoms with Crippen molar-refractivity contribution in [1.82, 2.24) is 5.32 Å². The summed E-state index contributed by atoms with van der Waals surface area (Å²) in [5.74, 6) is -1.36. The highest BCUT2D eigenvalue weighted by atomic mass is 16.4. The molecule has 0 spiro atoms. The number of hydrogen-bond acceptors (Lipinski definition) is 3. The van der Waals surface area contributed by atoms with Crippen LogP contribution in [0.3, 0.4) is 0 Å². The predicted molar refractivity (Wildman–Crippen MR) is 99.5 cm³/mol. The Kier molecular flexibility index (Phi) is 6.11. The van der Waals surface area contributed by atoms with Gasteiger partial charge in [-0.2, -0.15) is 0 Å². The van der Waals surface area contributed by atoms with Gasteiger partial charge in [0, 0.05) is 17.3 Å². The second-order valence-electron chi connectivity index (χ2n) is 6.38. The monoisotopic (exact) mass is 354 g/mol. The third kappa shape index (κ3) is 5.17. The number of aryl methyl sites for hydroxylation is 1. The van der Waals surface area contributed by atoms with Crippen molar-refractivity contribution in [2.24, 2.45) is 0 Å². The van der Waals surface area contributed by atoms with Gasteiger partial charge in [-0.3, -0.25) is 9.59 Å². The first-order chi connectivity index (χ1) is 12.3. The molecule has 6 nitrogen and oxygen atoms in total. The maximum Gasteiger partial charge on any atom is 0.335 e. The van der Waals surface area contributed by atoms with Crippen LogP contribution in [0.1, 0.15) is 45.7 Å². The minimum atomic E-state index is -1.00. The van der Waals surface area contributed by atoms with Crippen molar-refractivity contribution in [3.05, 3.63) is 64.7 Å². The molecule has 2 amide bonds. The van der Waals surface area contributed by atoms with Crippen LogP contribution in [-0.4, -0.2) is 28.9 Å². The van der Waals surface area contributed by atoms with E-state index in [4.69, 9.17) is 5.11 Å². The van der Waals surface area contributed by atoms with Gasteiger partial charge < -0.3 is 15.7 Å². The number of nitrogens with one attached hydrogen (secondary N) is 2. The zero-order valence-electron chi connectivity index (χ0n) is 15.0. The molecular formula is C20H22N2O4. The molecule has 0 aromatic heterocycles. The Morgan fingerprint density at radius 3 is 2.23 bits per heavy atom. The Bertz CT molecular complexity index is 826. The van der Waals surface area contributed by atoms with Crippen LogP contribution in [0.2, 0.25) is 0 Å². The van der Waals surface area contributed by atoms with Gasteiger partial charge in [-0.15, -0.1) is 0 Å². The molecule has 0 radical (unpaired) electrons. The van der Waals surface area contributed by atoms with Gasteiger partial charge in [-0.05, 0) is 62.2 Å². The predicted octanol–water partition coefficient (Wildman–Crippen LogP) is 3.01. The van der Waals surface area contributed by atoms with Crippen molar-refractivity contribution < 1.29 is 19.5 Å². The summed E-state index contributed by atoms with van der Waals surface area (Å²) in [5.41, 5.74) is 2.85. The second-order valence-corrected chi connectivity index (χ2v) is 6.38. The van der Waals surface area contributed by atoms with E-state index >= 15 is 0 Å². The lowest BCUT2D eigenvalue weighted by Gasteiger charge is -2.12. The number of aromatic carboxylic acids is 1. The molecule has 0 atom stereocenters. The molecule has 3 N–H and O–H groups in total. The van der Waals surface area contributed by atoms with Gasteiger partial charge in [0.05, 0.1) is 12.0 Å². The standard InChI is InChI=1S/C20H22N2O4/c1-12(2)21-19(24)17-9-8-16(10-13(17)3)22-18(23)11-14-4-6-15(7-5-14)20(25)26/h4-10,12H,11H2,1-3H3,(H,21,24)(H,22,23)(H,25,26). The quantitative estimate of drug-likeness (QED) is 0.743. The Morgan fingerprint density at radius 2 is 1.69 bits per heavy atom. The summed E-state index contributed by atoms with van der Waals surface area (Å²) >= 11 is 0. The number of benzene rings is 2. The molecule has 0 aliphatic rings. The van der Waals surface area contributed by atoms with Gasteiger partial charge in [0.25, 0.3) is 5.91 Å². The number of anilines is 1. The summed E-state index contributed by atoms with van der Waals surface area (Å²) in [6.07, 6.45) is 0.133. The Morgan fingerprint density at radius 1 is 1.04 bits per heavy atom. The molecule has 2 rings (SSSR count). The number of carbonyl (C=O) groups excluding carboxylic acids is 2. The minimum Gasteiger partial charge on any atom is -0.478 e. The van der Waals surface area contributed by atoms with E-state index in [0.29, 0.717) is 11.3 Å². The normalized spacial score (nSPS) is 10.5. The Balaban J connectivity index is 2.01. The van der Waals surface area contributed by atoms with Crippen molar-refractivity contribution in [3.63, 3.8) is 0 Å². The van der Waals surface area contributed by atoms with Crippen molar-refractivity contribution >= 4 is 23.5 Å². The second kappa shape index (κ2) is 8.29. The molecule has 0 bridgehead atoms. The Hall–Kier alpha value is -3.15. The molecule has 0 aliphatic heterocycles. The summed E-state index contributed by atoms with van der Waals surface area (Å²) < 4.78 is 0. The molecule has 0 saturated heterocycles. The molecule has 2 aromatic rings. The maximum absolute atomic E-state index is 12.2. The third-order valence-electron chi connectivity index (χ3n) is 3.74. The lowest BCUT2D eigenvalue weighted by Crippen LogP contribution is -2.30. The van der Waals surface area contributed by atoms with E-state index in [1.54, 1.807) is 30.3 Å². The molecule has 0 aliphatic carbocycles. The first kappa shape index (κ1) is 19.2. The molecule has 26 heavy (non-hydrogen) atoms. The molecule has 2 aromatic carbocycles. The minimum absolute atomic E-state index is 0.0498. The molecule has 6 heteroatoms. The molecule has 0 saturated carbocycles. The third-order valence-corrected chi connectivity index (χ3v) is 3.74. The highest BCUT2D eigenvalue weighted by molar-refractivity contribution is 5.97. The van der Waals surface area contributed by atoms with Crippen LogP contribution in [0.4, 0.5) is 5.69 Å². The highest BCUT2D eigenvalue weighted by Gasteiger charge is 2.12. The summed E-state index contributed by atoms with van der Waals surface area (Å²) in [7, 11) is 0. The van der Waals surface area contributed by atoms with Crippen LogP contribution in [0.15, 0.2) is 42.5 Å². The van der Waals surface area contributed by atoms with E-state index in [1.165, 1.54) is 12.1 Å². The van der Waals surface area contributed by atoms with Gasteiger partial charge >= 0.3 is 5.97 Å². The van der Waals surface area contributed by atoms with Crippen molar-refractivity contribution in [2.75, 3.05) is 5.32 Å². The van der Waals surface area contributed by atoms with Gasteiger partial charge in [-0.25, -0.2) is 4.79 Å². The molecule has 0 heterocycles. The molecule has 0 unspecified atom stereocenters. The molecular weight excluding hydrogens is 332 g/mol. The number of amides is 2. The zero-order valence-corrected chi connectivity index (χ0v) is 15.0. The number of hydrogen-bond donors (Lipinski definition) is 3. The van der Waals surface area contributed by atoms with Crippen molar-refractivity contribution in [2.45, 2.75) is 33.2 Å². The van der Waals surface area contributed by atoms with Gasteiger partial charge in [0.2, 0.25) is 5.91 Å². The van der Waals surface area contributed by atoms with Crippen LogP contribution in [-0.2, 0) is 11.2 Å². The van der Waals surface area contributed by atoms with E-state index in [1.807, 2.05) is 20.8 Å². The van der Waals surface area contributed by atoms with E-state index in [0.717, 1.165) is 11.1 Å². The van der Waals surface area contributed by atoms with Gasteiger partial charge in [0.1, 0.15) is 0 Å². The number of carboxylic acid groups (broad SMARTS) is 1. The summed E-state index contributed by atoms with van der Waals surface area (Å²) in [6.45, 7) is 5.60. The topological polar surface area (TPSA) is 95.5 Å². The van der Waals surface area contributed by atoms with E-state index in [-0.39, 0.29) is 29.8 Å². The van der Waals surface area contributed by atoms with Crippen LogP contribution in [0.25, 0.3) is 0 Å².